The Kier molecular flexibility index (Phi) is 6.06. The standard InChI is InChI=1S/C32H52O4/c1-19-11-16-32(27(34)35)18-17-30(7)22(26(32)20(19)2)9-10-24-29(6)14-13-25(36-21(3)33)28(4,5)23(29)12-15-31(24,30)8/h19-20,22-26H,9-18H2,1-8H3,(H,34,35)/t19-,20+,22+,23+,24-,25+,26+,29+,30-,31-,32+/m1/s1. The largest absolute Gasteiger partial charge is 0.481 e. The van der Waals surface area contributed by atoms with Crippen LogP contribution in [-0.2, 0) is 14.3 Å². The molecule has 0 aliphatic heterocycles. The summed E-state index contributed by atoms with van der Waals surface area (Å²) in [4.78, 5) is 24.8. The predicted molar refractivity (Wildman–Crippen MR) is 142 cm³/mol. The van der Waals surface area contributed by atoms with Crippen molar-refractivity contribution >= 4 is 11.9 Å². The predicted octanol–water partition coefficient (Wildman–Crippen LogP) is 7.74. The second-order valence-electron chi connectivity index (χ2n) is 15.5. The molecule has 0 amide bonds. The van der Waals surface area contributed by atoms with Gasteiger partial charge in [0.15, 0.2) is 0 Å². The Balaban J connectivity index is 1.52. The molecule has 0 radical (unpaired) electrons. The number of hydrogen-bond acceptors (Lipinski definition) is 3. The topological polar surface area (TPSA) is 63.6 Å². The molecular weight excluding hydrogens is 448 g/mol. The summed E-state index contributed by atoms with van der Waals surface area (Å²) in [6.07, 6.45) is 10.8. The first-order valence-electron chi connectivity index (χ1n) is 15.1. The third-order valence-corrected chi connectivity index (χ3v) is 14.3. The van der Waals surface area contributed by atoms with Crippen LogP contribution in [0.25, 0.3) is 0 Å². The van der Waals surface area contributed by atoms with Crippen LogP contribution in [0.4, 0.5) is 0 Å². The molecule has 0 saturated heterocycles. The van der Waals surface area contributed by atoms with Gasteiger partial charge in [0.2, 0.25) is 0 Å². The van der Waals surface area contributed by atoms with Gasteiger partial charge in [-0.25, -0.2) is 0 Å². The highest BCUT2D eigenvalue weighted by atomic mass is 16.5. The van der Waals surface area contributed by atoms with Crippen molar-refractivity contribution in [2.45, 2.75) is 126 Å². The van der Waals surface area contributed by atoms with Gasteiger partial charge in [-0.1, -0.05) is 48.5 Å². The number of esters is 1. The van der Waals surface area contributed by atoms with Crippen LogP contribution in [0.2, 0.25) is 0 Å². The Morgan fingerprint density at radius 1 is 0.778 bits per heavy atom. The molecule has 0 aromatic heterocycles. The zero-order valence-electron chi connectivity index (χ0n) is 24.3. The summed E-state index contributed by atoms with van der Waals surface area (Å²) < 4.78 is 5.89. The maximum Gasteiger partial charge on any atom is 0.309 e. The minimum atomic E-state index is -0.512. The Labute approximate surface area is 219 Å². The van der Waals surface area contributed by atoms with E-state index in [4.69, 9.17) is 4.74 Å². The number of aliphatic carboxylic acids is 1. The maximum atomic E-state index is 12.9. The van der Waals surface area contributed by atoms with Crippen molar-refractivity contribution in [2.24, 2.45) is 62.6 Å². The quantitative estimate of drug-likeness (QED) is 0.394. The highest BCUT2D eigenvalue weighted by Crippen LogP contribution is 2.77. The summed E-state index contributed by atoms with van der Waals surface area (Å²) in [7, 11) is 0. The van der Waals surface area contributed by atoms with E-state index in [9.17, 15) is 14.7 Å². The molecule has 5 aliphatic rings. The number of ether oxygens (including phenoxy) is 1. The van der Waals surface area contributed by atoms with Crippen LogP contribution < -0.4 is 0 Å². The Morgan fingerprint density at radius 2 is 1.47 bits per heavy atom. The number of carbonyl (C=O) groups excluding carboxylic acids is 1. The third-order valence-electron chi connectivity index (χ3n) is 14.3. The summed E-state index contributed by atoms with van der Waals surface area (Å²) >= 11 is 0. The van der Waals surface area contributed by atoms with Gasteiger partial charge in [0.25, 0.3) is 0 Å². The average molecular weight is 501 g/mol. The van der Waals surface area contributed by atoms with E-state index in [1.807, 2.05) is 0 Å². The van der Waals surface area contributed by atoms with Crippen molar-refractivity contribution in [3.63, 3.8) is 0 Å². The van der Waals surface area contributed by atoms with Crippen molar-refractivity contribution in [2.75, 3.05) is 0 Å². The molecule has 4 heteroatoms. The minimum absolute atomic E-state index is 0.0137. The van der Waals surface area contributed by atoms with Gasteiger partial charge in [0, 0.05) is 12.3 Å². The van der Waals surface area contributed by atoms with Crippen LogP contribution >= 0.6 is 0 Å². The van der Waals surface area contributed by atoms with E-state index in [0.717, 1.165) is 38.5 Å². The maximum absolute atomic E-state index is 12.9. The number of hydrogen-bond donors (Lipinski definition) is 1. The van der Waals surface area contributed by atoms with Gasteiger partial charge in [-0.2, -0.15) is 0 Å². The molecule has 0 unspecified atom stereocenters. The SMILES string of the molecule is CC(=O)O[C@H]1CC[C@]2(C)[C@H]3CC[C@H]4[C@@H]5[C@@H](C)[C@H](C)CC[C@]5(C(=O)O)CC[C@@]4(C)[C@]3(C)CC[C@H]2C1(C)C. The molecule has 0 aromatic carbocycles. The van der Waals surface area contributed by atoms with E-state index in [1.54, 1.807) is 6.92 Å². The summed E-state index contributed by atoms with van der Waals surface area (Å²) in [5.41, 5.74) is 0.140. The molecule has 11 atom stereocenters. The number of carbonyl (C=O) groups is 2. The van der Waals surface area contributed by atoms with Crippen LogP contribution in [-0.4, -0.2) is 23.1 Å². The van der Waals surface area contributed by atoms with Crippen molar-refractivity contribution in [1.29, 1.82) is 0 Å². The van der Waals surface area contributed by atoms with E-state index < -0.39 is 11.4 Å². The molecule has 0 spiro atoms. The zero-order chi connectivity index (χ0) is 26.5. The van der Waals surface area contributed by atoms with Crippen molar-refractivity contribution in [3.8, 4) is 0 Å². The van der Waals surface area contributed by atoms with Crippen molar-refractivity contribution in [3.05, 3.63) is 0 Å². The smallest absolute Gasteiger partial charge is 0.309 e. The Hall–Kier alpha value is -1.06. The van der Waals surface area contributed by atoms with Gasteiger partial charge in [0.1, 0.15) is 6.10 Å². The lowest BCUT2D eigenvalue weighted by atomic mass is 9.31. The first kappa shape index (κ1) is 26.5. The van der Waals surface area contributed by atoms with Gasteiger partial charge in [-0.3, -0.25) is 9.59 Å². The van der Waals surface area contributed by atoms with E-state index in [2.05, 4.69) is 48.5 Å². The summed E-state index contributed by atoms with van der Waals surface area (Å²) in [5.74, 6) is 2.44. The molecule has 5 saturated carbocycles. The molecule has 5 rings (SSSR count). The first-order chi connectivity index (χ1) is 16.6. The van der Waals surface area contributed by atoms with Crippen LogP contribution in [0, 0.1) is 62.6 Å². The van der Waals surface area contributed by atoms with Crippen LogP contribution in [0.3, 0.4) is 0 Å². The number of carboxylic acid groups (broad SMARTS) is 1. The molecule has 5 aliphatic carbocycles. The van der Waals surface area contributed by atoms with Gasteiger partial charge >= 0.3 is 11.9 Å². The lowest BCUT2D eigenvalue weighted by Gasteiger charge is -2.73. The van der Waals surface area contributed by atoms with Gasteiger partial charge < -0.3 is 9.84 Å². The van der Waals surface area contributed by atoms with E-state index in [1.165, 1.54) is 25.7 Å². The van der Waals surface area contributed by atoms with Gasteiger partial charge in [-0.05, 0) is 116 Å². The average Bonchev–Trinajstić information content (AvgIpc) is 2.78. The molecule has 36 heavy (non-hydrogen) atoms. The second-order valence-corrected chi connectivity index (χ2v) is 15.5. The highest BCUT2D eigenvalue weighted by Gasteiger charge is 2.71. The zero-order valence-corrected chi connectivity index (χ0v) is 24.3. The summed E-state index contributed by atoms with van der Waals surface area (Å²) in [6, 6.07) is 0. The highest BCUT2D eigenvalue weighted by molar-refractivity contribution is 5.75. The molecule has 1 N–H and O–H groups in total. The van der Waals surface area contributed by atoms with Gasteiger partial charge in [-0.15, -0.1) is 0 Å². The normalized spacial score (nSPS) is 53.7. The summed E-state index contributed by atoms with van der Waals surface area (Å²) in [5, 5.41) is 10.6. The molecule has 0 aromatic rings. The third kappa shape index (κ3) is 3.23. The van der Waals surface area contributed by atoms with E-state index >= 15 is 0 Å². The van der Waals surface area contributed by atoms with Crippen LogP contribution in [0.15, 0.2) is 0 Å². The fourth-order valence-electron chi connectivity index (χ4n) is 12.1. The Bertz CT molecular complexity index is 925. The minimum Gasteiger partial charge on any atom is -0.481 e. The molecule has 0 bridgehead atoms. The molecular formula is C32H52O4. The van der Waals surface area contributed by atoms with E-state index in [0.29, 0.717) is 35.5 Å². The van der Waals surface area contributed by atoms with Crippen molar-refractivity contribution in [1.82, 2.24) is 0 Å². The number of rotatable bonds is 2. The first-order valence-corrected chi connectivity index (χ1v) is 15.1. The molecule has 5 fully saturated rings. The Morgan fingerprint density at radius 3 is 2.11 bits per heavy atom. The molecule has 0 heterocycles. The van der Waals surface area contributed by atoms with Crippen LogP contribution in [0.5, 0.6) is 0 Å². The van der Waals surface area contributed by atoms with Crippen LogP contribution in [0.1, 0.15) is 120 Å². The fourth-order valence-corrected chi connectivity index (χ4v) is 12.1. The van der Waals surface area contributed by atoms with E-state index in [-0.39, 0.29) is 33.7 Å². The molecule has 4 nitrogen and oxygen atoms in total. The van der Waals surface area contributed by atoms with Crippen molar-refractivity contribution < 1.29 is 19.4 Å². The fraction of sp³-hybridized carbons (Fsp3) is 0.938. The lowest BCUT2D eigenvalue weighted by Crippen LogP contribution is -2.68. The summed E-state index contributed by atoms with van der Waals surface area (Å²) in [6.45, 7) is 18.8. The lowest BCUT2D eigenvalue weighted by molar-refractivity contribution is -0.259. The van der Waals surface area contributed by atoms with Gasteiger partial charge in [0.05, 0.1) is 5.41 Å². The monoisotopic (exact) mass is 500 g/mol. The number of carboxylic acids is 1. The second kappa shape index (κ2) is 8.22. The molecule has 204 valence electrons. The number of fused-ring (bicyclic) bond motifs is 7.